The second-order valence-electron chi connectivity index (χ2n) is 6.46. The van der Waals surface area contributed by atoms with Crippen molar-refractivity contribution >= 4 is 22.5 Å². The molecule has 0 aliphatic carbocycles. The zero-order valence-electron chi connectivity index (χ0n) is 15.1. The SMILES string of the molecule is [CH2]Cc1ccc(-n2c(CCc3nccs3)nc3c(C)cc(C)nc32)cc1. The highest BCUT2D eigenvalue weighted by Gasteiger charge is 2.16. The molecule has 3 heterocycles. The van der Waals surface area contributed by atoms with E-state index >= 15 is 0 Å². The monoisotopic (exact) mass is 361 g/mol. The molecule has 0 atom stereocenters. The van der Waals surface area contributed by atoms with Gasteiger partial charge in [-0.25, -0.2) is 15.0 Å². The molecule has 131 valence electrons. The third-order valence-corrected chi connectivity index (χ3v) is 5.37. The predicted octanol–water partition coefficient (Wildman–Crippen LogP) is 4.66. The maximum atomic E-state index is 4.94. The average molecular weight is 361 g/mol. The minimum Gasteiger partial charge on any atom is -0.281 e. The van der Waals surface area contributed by atoms with Crippen LogP contribution in [-0.2, 0) is 19.3 Å². The van der Waals surface area contributed by atoms with Gasteiger partial charge in [-0.1, -0.05) is 12.1 Å². The summed E-state index contributed by atoms with van der Waals surface area (Å²) >= 11 is 1.69. The number of aryl methyl sites for hydroxylation is 4. The van der Waals surface area contributed by atoms with E-state index in [0.29, 0.717) is 0 Å². The Balaban J connectivity index is 1.84. The smallest absolute Gasteiger partial charge is 0.165 e. The molecule has 0 aliphatic heterocycles. The van der Waals surface area contributed by atoms with Gasteiger partial charge in [0.2, 0.25) is 0 Å². The molecule has 0 saturated carbocycles. The maximum absolute atomic E-state index is 4.94. The van der Waals surface area contributed by atoms with Crippen LogP contribution in [0.15, 0.2) is 41.9 Å². The Hall–Kier alpha value is -2.53. The fourth-order valence-electron chi connectivity index (χ4n) is 3.25. The molecule has 0 spiro atoms. The van der Waals surface area contributed by atoms with E-state index in [4.69, 9.17) is 9.97 Å². The normalized spacial score (nSPS) is 11.3. The molecule has 1 radical (unpaired) electrons. The molecule has 0 aliphatic rings. The van der Waals surface area contributed by atoms with Gasteiger partial charge in [0.25, 0.3) is 0 Å². The maximum Gasteiger partial charge on any atom is 0.165 e. The summed E-state index contributed by atoms with van der Waals surface area (Å²) in [5, 5.41) is 3.15. The number of nitrogens with zero attached hydrogens (tertiary/aromatic N) is 4. The number of imidazole rings is 1. The van der Waals surface area contributed by atoms with Crippen molar-refractivity contribution in [2.75, 3.05) is 0 Å². The van der Waals surface area contributed by atoms with Gasteiger partial charge in [0.15, 0.2) is 5.65 Å². The van der Waals surface area contributed by atoms with E-state index < -0.39 is 0 Å². The van der Waals surface area contributed by atoms with Gasteiger partial charge in [0.1, 0.15) is 11.3 Å². The molecule has 4 nitrogen and oxygen atoms in total. The molecule has 0 bridgehead atoms. The summed E-state index contributed by atoms with van der Waals surface area (Å²) in [6.07, 6.45) is 4.36. The van der Waals surface area contributed by atoms with Gasteiger partial charge < -0.3 is 0 Å². The van der Waals surface area contributed by atoms with E-state index in [-0.39, 0.29) is 0 Å². The van der Waals surface area contributed by atoms with Gasteiger partial charge >= 0.3 is 0 Å². The van der Waals surface area contributed by atoms with Crippen molar-refractivity contribution in [2.24, 2.45) is 0 Å². The highest BCUT2D eigenvalue weighted by molar-refractivity contribution is 7.09. The molecule has 5 heteroatoms. The van der Waals surface area contributed by atoms with Crippen molar-refractivity contribution in [1.82, 2.24) is 19.5 Å². The summed E-state index contributed by atoms with van der Waals surface area (Å²) in [4.78, 5) is 14.1. The summed E-state index contributed by atoms with van der Waals surface area (Å²) in [6.45, 7) is 8.09. The molecule has 4 aromatic rings. The first-order valence-corrected chi connectivity index (χ1v) is 9.66. The summed E-state index contributed by atoms with van der Waals surface area (Å²) in [6, 6.07) is 10.6. The summed E-state index contributed by atoms with van der Waals surface area (Å²) in [5.41, 5.74) is 6.40. The first-order valence-electron chi connectivity index (χ1n) is 8.78. The lowest BCUT2D eigenvalue weighted by Gasteiger charge is -2.10. The van der Waals surface area contributed by atoms with Crippen LogP contribution in [-0.4, -0.2) is 19.5 Å². The lowest BCUT2D eigenvalue weighted by atomic mass is 10.1. The Morgan fingerprint density at radius 3 is 2.58 bits per heavy atom. The molecule has 4 rings (SSSR count). The molecule has 0 N–H and O–H groups in total. The Bertz CT molecular complexity index is 1030. The highest BCUT2D eigenvalue weighted by Crippen LogP contribution is 2.25. The predicted molar refractivity (Wildman–Crippen MR) is 107 cm³/mol. The van der Waals surface area contributed by atoms with Crippen LogP contribution in [0.25, 0.3) is 16.9 Å². The van der Waals surface area contributed by atoms with E-state index in [1.807, 2.05) is 18.5 Å². The van der Waals surface area contributed by atoms with Crippen LogP contribution in [0.2, 0.25) is 0 Å². The summed E-state index contributed by atoms with van der Waals surface area (Å²) < 4.78 is 2.19. The van der Waals surface area contributed by atoms with Crippen LogP contribution < -0.4 is 0 Å². The van der Waals surface area contributed by atoms with E-state index in [0.717, 1.165) is 58.2 Å². The van der Waals surface area contributed by atoms with Gasteiger partial charge in [-0.15, -0.1) is 11.3 Å². The van der Waals surface area contributed by atoms with Crippen LogP contribution >= 0.6 is 11.3 Å². The van der Waals surface area contributed by atoms with Crippen molar-refractivity contribution in [3.05, 3.63) is 76.5 Å². The van der Waals surface area contributed by atoms with Gasteiger partial charge in [0, 0.05) is 35.8 Å². The third kappa shape index (κ3) is 3.15. The van der Waals surface area contributed by atoms with Crippen LogP contribution in [0.4, 0.5) is 0 Å². The van der Waals surface area contributed by atoms with Crippen LogP contribution in [0.1, 0.15) is 27.7 Å². The Kier molecular flexibility index (Phi) is 4.55. The van der Waals surface area contributed by atoms with Crippen LogP contribution in [0.5, 0.6) is 0 Å². The number of hydrogen-bond donors (Lipinski definition) is 0. The number of aromatic nitrogens is 4. The topological polar surface area (TPSA) is 43.6 Å². The minimum absolute atomic E-state index is 0.790. The zero-order valence-corrected chi connectivity index (χ0v) is 15.9. The van der Waals surface area contributed by atoms with Crippen LogP contribution in [0.3, 0.4) is 0 Å². The Morgan fingerprint density at radius 2 is 1.88 bits per heavy atom. The molecule has 3 aromatic heterocycles. The number of benzene rings is 1. The highest BCUT2D eigenvalue weighted by atomic mass is 32.1. The lowest BCUT2D eigenvalue weighted by Crippen LogP contribution is -2.04. The van der Waals surface area contributed by atoms with Crippen molar-refractivity contribution < 1.29 is 0 Å². The zero-order chi connectivity index (χ0) is 18.1. The van der Waals surface area contributed by atoms with Crippen molar-refractivity contribution in [2.45, 2.75) is 33.1 Å². The third-order valence-electron chi connectivity index (χ3n) is 4.53. The first kappa shape index (κ1) is 16.9. The molecular weight excluding hydrogens is 340 g/mol. The number of hydrogen-bond acceptors (Lipinski definition) is 4. The van der Waals surface area contributed by atoms with Gasteiger partial charge in [-0.2, -0.15) is 0 Å². The van der Waals surface area contributed by atoms with Gasteiger partial charge in [-0.3, -0.25) is 4.57 Å². The largest absolute Gasteiger partial charge is 0.281 e. The second kappa shape index (κ2) is 7.00. The molecule has 0 unspecified atom stereocenters. The standard InChI is InChI=1S/C21H21N4S/c1-4-16-5-7-17(8-6-16)25-18(9-10-19-22-11-12-26-19)24-20-14(2)13-15(3)23-21(20)25/h5-8,11-13H,1,4,9-10H2,2-3H3. The number of rotatable bonds is 5. The fraction of sp³-hybridized carbons (Fsp3) is 0.238. The molecule has 1 aromatic carbocycles. The minimum atomic E-state index is 0.790. The number of fused-ring (bicyclic) bond motifs is 1. The molecule has 0 saturated heterocycles. The Morgan fingerprint density at radius 1 is 1.08 bits per heavy atom. The molecule has 0 amide bonds. The van der Waals surface area contributed by atoms with E-state index in [9.17, 15) is 0 Å². The molecule has 26 heavy (non-hydrogen) atoms. The first-order chi connectivity index (χ1) is 12.7. The summed E-state index contributed by atoms with van der Waals surface area (Å²) in [5.74, 6) is 1.03. The van der Waals surface area contributed by atoms with Gasteiger partial charge in [0.05, 0.1) is 5.01 Å². The quantitative estimate of drug-likeness (QED) is 0.519. The van der Waals surface area contributed by atoms with Crippen molar-refractivity contribution in [1.29, 1.82) is 0 Å². The number of thiazole rings is 1. The Labute approximate surface area is 157 Å². The lowest BCUT2D eigenvalue weighted by molar-refractivity contribution is 0.830. The average Bonchev–Trinajstić information content (AvgIpc) is 3.27. The van der Waals surface area contributed by atoms with E-state index in [2.05, 4.69) is 53.7 Å². The van der Waals surface area contributed by atoms with Crippen molar-refractivity contribution in [3.8, 4) is 5.69 Å². The van der Waals surface area contributed by atoms with E-state index in [1.54, 1.807) is 11.3 Å². The van der Waals surface area contributed by atoms with E-state index in [1.165, 1.54) is 5.56 Å². The molecular formula is C21H21N4S. The van der Waals surface area contributed by atoms with Gasteiger partial charge in [-0.05, 0) is 56.5 Å². The van der Waals surface area contributed by atoms with Crippen LogP contribution in [0, 0.1) is 20.8 Å². The summed E-state index contributed by atoms with van der Waals surface area (Å²) in [7, 11) is 0. The van der Waals surface area contributed by atoms with Crippen molar-refractivity contribution in [3.63, 3.8) is 0 Å². The molecule has 0 fully saturated rings. The number of pyridine rings is 1. The fourth-order valence-corrected chi connectivity index (χ4v) is 3.87. The second-order valence-corrected chi connectivity index (χ2v) is 7.44.